The number of hydrogen-bond acceptors (Lipinski definition) is 6. The van der Waals surface area contributed by atoms with Crippen LogP contribution in [0.5, 0.6) is 11.5 Å². The number of rotatable bonds is 8. The van der Waals surface area contributed by atoms with E-state index in [4.69, 9.17) is 32.7 Å². The van der Waals surface area contributed by atoms with Crippen molar-refractivity contribution in [3.05, 3.63) is 86.9 Å². The van der Waals surface area contributed by atoms with Crippen molar-refractivity contribution in [3.63, 3.8) is 0 Å². The van der Waals surface area contributed by atoms with E-state index >= 15 is 0 Å². The molecule has 2 atom stereocenters. The van der Waals surface area contributed by atoms with Gasteiger partial charge in [0.15, 0.2) is 11.4 Å². The van der Waals surface area contributed by atoms with Crippen LogP contribution in [-0.4, -0.2) is 52.8 Å². The summed E-state index contributed by atoms with van der Waals surface area (Å²) in [7, 11) is 0. The van der Waals surface area contributed by atoms with Gasteiger partial charge in [-0.3, -0.25) is 4.79 Å². The number of ether oxygens (including phenoxy) is 2. The van der Waals surface area contributed by atoms with Gasteiger partial charge in [0.25, 0.3) is 0 Å². The minimum absolute atomic E-state index is 0.0740. The Labute approximate surface area is 253 Å². The molecule has 1 N–H and O–H groups in total. The van der Waals surface area contributed by atoms with Crippen molar-refractivity contribution >= 4 is 52.8 Å². The van der Waals surface area contributed by atoms with E-state index < -0.39 is 23.6 Å². The molecule has 10 heteroatoms. The molecule has 0 bridgehead atoms. The first-order valence-corrected chi connectivity index (χ1v) is 14.9. The molecule has 1 aliphatic rings. The normalized spacial score (nSPS) is 16.9. The van der Waals surface area contributed by atoms with Crippen LogP contribution in [0.2, 0.25) is 10.0 Å². The Morgan fingerprint density at radius 3 is 2.15 bits per heavy atom. The number of carbonyl (C=O) groups excluding carboxylic acids is 2. The summed E-state index contributed by atoms with van der Waals surface area (Å²) < 4.78 is 11.5. The molecule has 3 aromatic carbocycles. The van der Waals surface area contributed by atoms with Crippen molar-refractivity contribution < 1.29 is 29.0 Å². The third-order valence-electron chi connectivity index (χ3n) is 7.17. The number of thioether (sulfide) groups is 1. The van der Waals surface area contributed by atoms with E-state index in [1.807, 2.05) is 56.5 Å². The maximum Gasteiger partial charge on any atom is 0.415 e. The van der Waals surface area contributed by atoms with Crippen molar-refractivity contribution in [2.24, 2.45) is 5.92 Å². The zero-order valence-corrected chi connectivity index (χ0v) is 25.7. The van der Waals surface area contributed by atoms with Gasteiger partial charge in [0.05, 0.1) is 10.0 Å². The fraction of sp³-hybridized carbons (Fsp3) is 0.323. The lowest BCUT2D eigenvalue weighted by atomic mass is 9.82. The number of halogens is 2. The number of amides is 1. The number of benzene rings is 3. The van der Waals surface area contributed by atoms with Crippen molar-refractivity contribution in [2.75, 3.05) is 19.3 Å². The lowest BCUT2D eigenvalue weighted by Gasteiger charge is -2.26. The average molecular weight is 617 g/mol. The Kier molecular flexibility index (Phi) is 9.26. The van der Waals surface area contributed by atoms with Crippen LogP contribution in [0.3, 0.4) is 0 Å². The molecule has 1 saturated heterocycles. The molecular formula is C31H31Cl2NO6S. The fourth-order valence-electron chi connectivity index (χ4n) is 4.89. The predicted molar refractivity (Wildman–Crippen MR) is 161 cm³/mol. The lowest BCUT2D eigenvalue weighted by Crippen LogP contribution is -2.38. The van der Waals surface area contributed by atoms with Gasteiger partial charge in [-0.25, -0.2) is 9.59 Å². The zero-order valence-electron chi connectivity index (χ0n) is 23.4. The van der Waals surface area contributed by atoms with E-state index in [0.717, 1.165) is 21.6 Å². The maximum atomic E-state index is 13.8. The Hall–Kier alpha value is -3.20. The monoisotopic (exact) mass is 615 g/mol. The minimum Gasteiger partial charge on any atom is -0.478 e. The highest BCUT2D eigenvalue weighted by Crippen LogP contribution is 2.39. The molecular weight excluding hydrogens is 585 g/mol. The fourth-order valence-corrected chi connectivity index (χ4v) is 5.59. The number of Topliss-reactive ketones (excluding diaryl/α,β-unsaturated/α-hetero) is 1. The molecule has 0 saturated carbocycles. The second-order valence-electron chi connectivity index (χ2n) is 10.6. The molecule has 0 aromatic heterocycles. The van der Waals surface area contributed by atoms with Crippen LogP contribution in [0.25, 0.3) is 0 Å². The third kappa shape index (κ3) is 6.83. The molecule has 1 heterocycles. The van der Waals surface area contributed by atoms with E-state index in [9.17, 15) is 19.5 Å². The smallest absolute Gasteiger partial charge is 0.415 e. The predicted octanol–water partition coefficient (Wildman–Crippen LogP) is 7.67. The highest BCUT2D eigenvalue weighted by Gasteiger charge is 2.42. The molecule has 0 aliphatic carbocycles. The number of likely N-dealkylation sites (tertiary alicyclic amines) is 1. The molecule has 216 valence electrons. The first-order valence-electron chi connectivity index (χ1n) is 12.9. The SMILES string of the molecule is CSc1ccc(C(=O)[C@@H]2CN(C(=O)Oc3ccc(Cl)c(Cl)c3)CC2c2cc(C)c(OC(C)(C)C(=O)O)c(C)c2)cc1. The summed E-state index contributed by atoms with van der Waals surface area (Å²) in [5, 5.41) is 10.1. The number of nitrogens with zero attached hydrogens (tertiary/aromatic N) is 1. The number of carboxylic acid groups (broad SMARTS) is 1. The van der Waals surface area contributed by atoms with Crippen molar-refractivity contribution in [1.29, 1.82) is 0 Å². The standard InChI is InChI=1S/C31H31Cl2NO6S/c1-17-12-20(13-18(2)28(17)40-31(3,4)29(36)37)23-15-34(30(38)39-21-8-11-25(32)26(33)14-21)16-24(23)27(35)19-6-9-22(41-5)10-7-19/h6-14,23-24H,15-16H2,1-5H3,(H,36,37)/t23?,24-/m1/s1. The zero-order chi connectivity index (χ0) is 30.1. The molecule has 7 nitrogen and oxygen atoms in total. The van der Waals surface area contributed by atoms with Crippen molar-refractivity contribution in [2.45, 2.75) is 44.1 Å². The van der Waals surface area contributed by atoms with Crippen molar-refractivity contribution in [1.82, 2.24) is 4.90 Å². The average Bonchev–Trinajstić information content (AvgIpc) is 3.38. The number of aryl methyl sites for hydroxylation is 2. The first kappa shape index (κ1) is 30.8. The molecule has 1 fully saturated rings. The van der Waals surface area contributed by atoms with Crippen LogP contribution in [0, 0.1) is 19.8 Å². The van der Waals surface area contributed by atoms with Gasteiger partial charge < -0.3 is 19.5 Å². The quantitative estimate of drug-likeness (QED) is 0.205. The van der Waals surface area contributed by atoms with E-state index in [2.05, 4.69) is 0 Å². The summed E-state index contributed by atoms with van der Waals surface area (Å²) in [6.45, 7) is 7.08. The summed E-state index contributed by atoms with van der Waals surface area (Å²) >= 11 is 13.7. The number of hydrogen-bond donors (Lipinski definition) is 1. The van der Waals surface area contributed by atoms with Gasteiger partial charge in [-0.05, 0) is 74.9 Å². The number of carboxylic acids is 1. The van der Waals surface area contributed by atoms with E-state index in [1.165, 1.54) is 24.8 Å². The van der Waals surface area contributed by atoms with E-state index in [0.29, 0.717) is 16.3 Å². The molecule has 1 unspecified atom stereocenters. The second kappa shape index (κ2) is 12.3. The van der Waals surface area contributed by atoms with Gasteiger partial charge in [0, 0.05) is 41.5 Å². The molecule has 41 heavy (non-hydrogen) atoms. The van der Waals surface area contributed by atoms with Crippen LogP contribution >= 0.6 is 35.0 Å². The molecule has 1 amide bonds. The Balaban J connectivity index is 1.67. The van der Waals surface area contributed by atoms with Crippen LogP contribution in [-0.2, 0) is 4.79 Å². The number of ketones is 1. The summed E-state index contributed by atoms with van der Waals surface area (Å²) in [5.74, 6) is -1.29. The van der Waals surface area contributed by atoms with E-state index in [-0.39, 0.29) is 35.6 Å². The van der Waals surface area contributed by atoms with Gasteiger partial charge in [0.1, 0.15) is 11.5 Å². The van der Waals surface area contributed by atoms with Crippen LogP contribution in [0.4, 0.5) is 4.79 Å². The van der Waals surface area contributed by atoms with Crippen molar-refractivity contribution in [3.8, 4) is 11.5 Å². The van der Waals surface area contributed by atoms with Gasteiger partial charge in [-0.1, -0.05) is 47.5 Å². The van der Waals surface area contributed by atoms with E-state index in [1.54, 1.807) is 23.9 Å². The summed E-state index contributed by atoms with van der Waals surface area (Å²) in [6.07, 6.45) is 1.37. The maximum absolute atomic E-state index is 13.8. The second-order valence-corrected chi connectivity index (χ2v) is 12.3. The largest absolute Gasteiger partial charge is 0.478 e. The number of carbonyl (C=O) groups is 3. The summed E-state index contributed by atoms with van der Waals surface area (Å²) in [4.78, 5) is 41.3. The Morgan fingerprint density at radius 2 is 1.59 bits per heavy atom. The lowest BCUT2D eigenvalue weighted by molar-refractivity contribution is -0.152. The van der Waals surface area contributed by atoms with Crippen LogP contribution in [0.1, 0.15) is 46.8 Å². The van der Waals surface area contributed by atoms with Crippen LogP contribution in [0.15, 0.2) is 59.5 Å². The highest BCUT2D eigenvalue weighted by atomic mass is 35.5. The molecule has 0 spiro atoms. The first-order chi connectivity index (χ1) is 19.3. The molecule has 0 radical (unpaired) electrons. The third-order valence-corrected chi connectivity index (χ3v) is 8.65. The van der Waals surface area contributed by atoms with Gasteiger partial charge in [-0.2, -0.15) is 0 Å². The topological polar surface area (TPSA) is 93.1 Å². The number of aliphatic carboxylic acids is 1. The molecule has 1 aliphatic heterocycles. The Morgan fingerprint density at radius 1 is 0.951 bits per heavy atom. The van der Waals surface area contributed by atoms with Gasteiger partial charge in [0.2, 0.25) is 0 Å². The van der Waals surface area contributed by atoms with Crippen LogP contribution < -0.4 is 9.47 Å². The summed E-state index contributed by atoms with van der Waals surface area (Å²) in [6, 6.07) is 15.8. The van der Waals surface area contributed by atoms with Gasteiger partial charge in [-0.15, -0.1) is 11.8 Å². The Bertz CT molecular complexity index is 1470. The highest BCUT2D eigenvalue weighted by molar-refractivity contribution is 7.98. The molecule has 4 rings (SSSR count). The minimum atomic E-state index is -1.42. The van der Waals surface area contributed by atoms with Gasteiger partial charge >= 0.3 is 12.1 Å². The summed E-state index contributed by atoms with van der Waals surface area (Å²) in [5.41, 5.74) is 1.47. The molecule has 3 aromatic rings.